The van der Waals surface area contributed by atoms with Crippen LogP contribution in [0.4, 0.5) is 0 Å². The Morgan fingerprint density at radius 2 is 1.83 bits per heavy atom. The fourth-order valence-corrected chi connectivity index (χ4v) is 9.22. The fraction of sp³-hybridized carbons (Fsp3) is 0.870. The van der Waals surface area contributed by atoms with Gasteiger partial charge in [0.15, 0.2) is 5.78 Å². The first kappa shape index (κ1) is 21.5. The van der Waals surface area contributed by atoms with Gasteiger partial charge in [0.1, 0.15) is 17.5 Å². The van der Waals surface area contributed by atoms with Crippen LogP contribution in [0.25, 0.3) is 0 Å². The van der Waals surface area contributed by atoms with Crippen molar-refractivity contribution in [2.45, 2.75) is 89.2 Å². The van der Waals surface area contributed by atoms with Gasteiger partial charge in [-0.2, -0.15) is 0 Å². The molecule has 5 nitrogen and oxygen atoms in total. The van der Waals surface area contributed by atoms with Crippen molar-refractivity contribution < 1.29 is 24.2 Å². The van der Waals surface area contributed by atoms with Crippen LogP contribution in [-0.2, 0) is 19.1 Å². The summed E-state index contributed by atoms with van der Waals surface area (Å²) in [7, 11) is 0. The molecular formula is C23H33BrO5. The Balaban J connectivity index is 1.65. The standard InChI is InChI=1S/C23H33BrO5/c1-12(25)23(28)19(24)10-17-16-6-5-14-9-15(29-13(2)26)7-8-21(14,3)20(16)18(27)11-22(17,23)4/h14-17,19-20,28H,5-11H2,1-4H3/t14-,15-,16-,17-,19-,20+,21-,22-,23-/m0/s1. The monoisotopic (exact) mass is 468 g/mol. The van der Waals surface area contributed by atoms with Crippen LogP contribution in [0.5, 0.6) is 0 Å². The minimum atomic E-state index is -1.48. The highest BCUT2D eigenvalue weighted by Crippen LogP contribution is 2.68. The van der Waals surface area contributed by atoms with Crippen molar-refractivity contribution in [2.75, 3.05) is 0 Å². The molecule has 1 N–H and O–H groups in total. The van der Waals surface area contributed by atoms with Gasteiger partial charge in [-0.15, -0.1) is 0 Å². The van der Waals surface area contributed by atoms with Crippen LogP contribution in [0.2, 0.25) is 0 Å². The van der Waals surface area contributed by atoms with Gasteiger partial charge in [0.2, 0.25) is 0 Å². The zero-order valence-electron chi connectivity index (χ0n) is 17.9. The lowest BCUT2D eigenvalue weighted by Crippen LogP contribution is -2.62. The van der Waals surface area contributed by atoms with Crippen molar-refractivity contribution in [1.29, 1.82) is 0 Å². The molecular weight excluding hydrogens is 436 g/mol. The van der Waals surface area contributed by atoms with Crippen LogP contribution in [-0.4, -0.2) is 39.2 Å². The van der Waals surface area contributed by atoms with Gasteiger partial charge in [0, 0.05) is 24.7 Å². The average Bonchev–Trinajstić information content (AvgIpc) is 2.82. The normalized spacial score (nSPS) is 51.6. The van der Waals surface area contributed by atoms with E-state index in [4.69, 9.17) is 4.74 Å². The van der Waals surface area contributed by atoms with Gasteiger partial charge >= 0.3 is 5.97 Å². The number of carbonyl (C=O) groups excluding carboxylic acids is 3. The number of rotatable bonds is 2. The van der Waals surface area contributed by atoms with Gasteiger partial charge in [0.25, 0.3) is 0 Å². The van der Waals surface area contributed by atoms with Crippen LogP contribution in [0.1, 0.15) is 72.6 Å². The Morgan fingerprint density at radius 1 is 1.14 bits per heavy atom. The molecule has 0 spiro atoms. The van der Waals surface area contributed by atoms with Crippen molar-refractivity contribution in [3.8, 4) is 0 Å². The largest absolute Gasteiger partial charge is 0.463 e. The Kier molecular flexibility index (Phi) is 5.09. The SMILES string of the molecule is CC(=O)O[C@H]1CC[C@@]2(C)[C@@H](CC[C@@H]3[C@@H]2C(=O)C[C@@]2(C)[C@H]3C[C@H](Br)[C@@]2(O)C(C)=O)C1. The molecule has 4 fully saturated rings. The molecule has 9 atom stereocenters. The van der Waals surface area contributed by atoms with Crippen LogP contribution in [0, 0.1) is 34.5 Å². The number of halogens is 1. The molecule has 0 heterocycles. The summed E-state index contributed by atoms with van der Waals surface area (Å²) < 4.78 is 5.50. The maximum atomic E-state index is 13.6. The Hall–Kier alpha value is -0.750. The van der Waals surface area contributed by atoms with Crippen molar-refractivity contribution in [1.82, 2.24) is 0 Å². The van der Waals surface area contributed by atoms with Crippen molar-refractivity contribution in [2.24, 2.45) is 34.5 Å². The summed E-state index contributed by atoms with van der Waals surface area (Å²) in [5.74, 6) is 0.475. The number of alkyl halides is 1. The molecule has 6 heteroatoms. The minimum absolute atomic E-state index is 0.0217. The van der Waals surface area contributed by atoms with Crippen LogP contribution in [0.15, 0.2) is 0 Å². The molecule has 29 heavy (non-hydrogen) atoms. The third-order valence-electron chi connectivity index (χ3n) is 9.35. The lowest BCUT2D eigenvalue weighted by Gasteiger charge is -2.60. The molecule has 162 valence electrons. The van der Waals surface area contributed by atoms with E-state index in [1.54, 1.807) is 0 Å². The molecule has 0 unspecified atom stereocenters. The van der Waals surface area contributed by atoms with E-state index in [-0.39, 0.29) is 58.1 Å². The maximum absolute atomic E-state index is 13.6. The first-order valence-corrected chi connectivity index (χ1v) is 11.9. The average molecular weight is 469 g/mol. The van der Waals surface area contributed by atoms with E-state index in [1.165, 1.54) is 13.8 Å². The number of fused-ring (bicyclic) bond motifs is 5. The molecule has 0 saturated heterocycles. The number of ether oxygens (including phenoxy) is 1. The smallest absolute Gasteiger partial charge is 0.302 e. The van der Waals surface area contributed by atoms with Crippen LogP contribution in [0.3, 0.4) is 0 Å². The summed E-state index contributed by atoms with van der Waals surface area (Å²) in [5, 5.41) is 11.4. The van der Waals surface area contributed by atoms with E-state index in [9.17, 15) is 19.5 Å². The molecule has 4 aliphatic rings. The first-order valence-electron chi connectivity index (χ1n) is 11.0. The second-order valence-electron chi connectivity index (χ2n) is 10.6. The molecule has 0 aromatic carbocycles. The molecule has 0 bridgehead atoms. The molecule has 0 amide bonds. The summed E-state index contributed by atoms with van der Waals surface area (Å²) in [6.07, 6.45) is 5.46. The lowest BCUT2D eigenvalue weighted by molar-refractivity contribution is -0.180. The van der Waals surface area contributed by atoms with Crippen molar-refractivity contribution >= 4 is 33.5 Å². The number of esters is 1. The number of ketones is 2. The summed E-state index contributed by atoms with van der Waals surface area (Å²) in [6.45, 7) is 7.13. The van der Waals surface area contributed by atoms with E-state index >= 15 is 0 Å². The lowest BCUT2D eigenvalue weighted by atomic mass is 9.44. The second-order valence-corrected chi connectivity index (χ2v) is 11.7. The van der Waals surface area contributed by atoms with Gasteiger partial charge in [-0.1, -0.05) is 29.8 Å². The highest BCUT2D eigenvalue weighted by molar-refractivity contribution is 9.09. The zero-order valence-corrected chi connectivity index (χ0v) is 19.5. The number of aliphatic hydroxyl groups is 1. The topological polar surface area (TPSA) is 80.7 Å². The predicted octanol–water partition coefficient (Wildman–Crippen LogP) is 3.83. The van der Waals surface area contributed by atoms with Gasteiger partial charge in [-0.25, -0.2) is 0 Å². The van der Waals surface area contributed by atoms with Gasteiger partial charge in [-0.05, 0) is 68.6 Å². The van der Waals surface area contributed by atoms with Gasteiger partial charge < -0.3 is 9.84 Å². The molecule has 0 aromatic heterocycles. The number of Topliss-reactive ketones (excluding diaryl/α,β-unsaturated/α-hetero) is 2. The summed E-state index contributed by atoms with van der Waals surface area (Å²) >= 11 is 3.61. The second kappa shape index (κ2) is 6.88. The van der Waals surface area contributed by atoms with E-state index in [0.29, 0.717) is 5.92 Å². The first-order chi connectivity index (χ1) is 13.4. The molecule has 4 aliphatic carbocycles. The molecule has 0 aromatic rings. The van der Waals surface area contributed by atoms with E-state index < -0.39 is 11.0 Å². The number of carbonyl (C=O) groups is 3. The maximum Gasteiger partial charge on any atom is 0.302 e. The van der Waals surface area contributed by atoms with Gasteiger partial charge in [0.05, 0.1) is 4.83 Å². The Morgan fingerprint density at radius 3 is 2.45 bits per heavy atom. The molecule has 0 aliphatic heterocycles. The number of hydrogen-bond donors (Lipinski definition) is 1. The third-order valence-corrected chi connectivity index (χ3v) is 10.4. The van der Waals surface area contributed by atoms with Crippen molar-refractivity contribution in [3.05, 3.63) is 0 Å². The molecule has 4 saturated carbocycles. The van der Waals surface area contributed by atoms with E-state index in [0.717, 1.165) is 38.5 Å². The van der Waals surface area contributed by atoms with Crippen LogP contribution >= 0.6 is 15.9 Å². The number of hydrogen-bond acceptors (Lipinski definition) is 5. The van der Waals surface area contributed by atoms with Gasteiger partial charge in [-0.3, -0.25) is 14.4 Å². The fourth-order valence-electron chi connectivity index (χ4n) is 7.97. The van der Waals surface area contributed by atoms with Crippen LogP contribution < -0.4 is 0 Å². The minimum Gasteiger partial charge on any atom is -0.463 e. The molecule has 0 radical (unpaired) electrons. The quantitative estimate of drug-likeness (QED) is 0.491. The Labute approximate surface area is 181 Å². The van der Waals surface area contributed by atoms with E-state index in [1.807, 2.05) is 6.92 Å². The Bertz CT molecular complexity index is 752. The van der Waals surface area contributed by atoms with E-state index in [2.05, 4.69) is 22.9 Å². The molecule has 4 rings (SSSR count). The highest BCUT2D eigenvalue weighted by Gasteiger charge is 2.71. The third kappa shape index (κ3) is 2.84. The summed E-state index contributed by atoms with van der Waals surface area (Å²) in [4.78, 5) is 37.2. The van der Waals surface area contributed by atoms with Crippen molar-refractivity contribution in [3.63, 3.8) is 0 Å². The predicted molar refractivity (Wildman–Crippen MR) is 111 cm³/mol. The summed E-state index contributed by atoms with van der Waals surface area (Å²) in [6, 6.07) is 0. The summed E-state index contributed by atoms with van der Waals surface area (Å²) in [5.41, 5.74) is -2.27. The highest BCUT2D eigenvalue weighted by atomic mass is 79.9. The zero-order chi connectivity index (χ0) is 21.4.